The average molecular weight is 601 g/mol. The summed E-state index contributed by atoms with van der Waals surface area (Å²) in [6.45, 7) is 8.36. The molecule has 1 aliphatic heterocycles. The first-order valence-corrected chi connectivity index (χ1v) is 14.0. The van der Waals surface area contributed by atoms with Gasteiger partial charge in [0.05, 0.1) is 27.7 Å². The number of aryl methyl sites for hydroxylation is 2. The molecule has 3 aromatic rings. The molecule has 0 saturated heterocycles. The van der Waals surface area contributed by atoms with Gasteiger partial charge in [0.2, 0.25) is 0 Å². The minimum atomic E-state index is -0.658. The highest BCUT2D eigenvalue weighted by molar-refractivity contribution is 9.10. The minimum Gasteiger partial charge on any atom is -0.488 e. The SMILES string of the molecule is Cc1cc(C)c(C2C(C#N)=C(N)N(c3ccccc3F)C3=C2C(=O)CC(C)(C)C3)cc1COc1ccccc1Br. The summed E-state index contributed by atoms with van der Waals surface area (Å²) in [5, 5.41) is 10.4. The molecule has 0 amide bonds. The van der Waals surface area contributed by atoms with Crippen LogP contribution >= 0.6 is 15.9 Å². The molecule has 1 aliphatic carbocycles. The van der Waals surface area contributed by atoms with Gasteiger partial charge in [-0.3, -0.25) is 9.69 Å². The van der Waals surface area contributed by atoms with Gasteiger partial charge in [-0.25, -0.2) is 4.39 Å². The van der Waals surface area contributed by atoms with Crippen molar-refractivity contribution in [1.29, 1.82) is 5.26 Å². The Morgan fingerprint density at radius 1 is 1.10 bits per heavy atom. The zero-order valence-corrected chi connectivity index (χ0v) is 24.6. The second-order valence-corrected chi connectivity index (χ2v) is 12.1. The molecule has 5 rings (SSSR count). The first-order chi connectivity index (χ1) is 19.0. The van der Waals surface area contributed by atoms with Gasteiger partial charge in [0.1, 0.15) is 24.0 Å². The number of halogens is 2. The second kappa shape index (κ2) is 10.6. The highest BCUT2D eigenvalue weighted by Crippen LogP contribution is 2.51. The third kappa shape index (κ3) is 4.93. The molecule has 0 radical (unpaired) electrons. The van der Waals surface area contributed by atoms with Gasteiger partial charge in [0, 0.05) is 17.7 Å². The number of para-hydroxylation sites is 2. The van der Waals surface area contributed by atoms with E-state index in [0.717, 1.165) is 32.5 Å². The fourth-order valence-corrected chi connectivity index (χ4v) is 6.23. The molecule has 2 aliphatic rings. The van der Waals surface area contributed by atoms with E-state index in [0.29, 0.717) is 30.7 Å². The van der Waals surface area contributed by atoms with E-state index in [9.17, 15) is 10.1 Å². The van der Waals surface area contributed by atoms with Crippen molar-refractivity contribution in [2.45, 2.75) is 53.1 Å². The van der Waals surface area contributed by atoms with Crippen LogP contribution in [0.25, 0.3) is 0 Å². The molecule has 2 N–H and O–H groups in total. The lowest BCUT2D eigenvalue weighted by atomic mass is 9.68. The molecule has 7 heteroatoms. The van der Waals surface area contributed by atoms with Gasteiger partial charge in [-0.2, -0.15) is 5.26 Å². The Hall–Kier alpha value is -3.89. The van der Waals surface area contributed by atoms with Crippen LogP contribution in [-0.2, 0) is 11.4 Å². The molecular formula is C33H31BrFN3O2. The Labute approximate surface area is 242 Å². The van der Waals surface area contributed by atoms with Crippen molar-refractivity contribution in [2.75, 3.05) is 4.90 Å². The molecule has 0 bridgehead atoms. The van der Waals surface area contributed by atoms with E-state index in [2.05, 4.69) is 28.1 Å². The summed E-state index contributed by atoms with van der Waals surface area (Å²) in [6.07, 6.45) is 0.843. The molecule has 204 valence electrons. The molecule has 0 saturated carbocycles. The minimum absolute atomic E-state index is 0.0520. The maximum absolute atomic E-state index is 15.1. The topological polar surface area (TPSA) is 79.4 Å². The van der Waals surface area contributed by atoms with E-state index in [1.807, 2.05) is 58.0 Å². The van der Waals surface area contributed by atoms with E-state index < -0.39 is 11.7 Å². The molecule has 5 nitrogen and oxygen atoms in total. The lowest BCUT2D eigenvalue weighted by Gasteiger charge is -2.44. The lowest BCUT2D eigenvalue weighted by molar-refractivity contribution is -0.118. The van der Waals surface area contributed by atoms with Crippen molar-refractivity contribution < 1.29 is 13.9 Å². The Kier molecular flexibility index (Phi) is 7.32. The first kappa shape index (κ1) is 27.7. The number of rotatable bonds is 5. The normalized spacial score (nSPS) is 18.5. The summed E-state index contributed by atoms with van der Waals surface area (Å²) >= 11 is 3.53. The quantitative estimate of drug-likeness (QED) is 0.324. The number of carbonyl (C=O) groups is 1. The fourth-order valence-electron chi connectivity index (χ4n) is 5.83. The number of carbonyl (C=O) groups excluding carboxylic acids is 1. The predicted octanol–water partition coefficient (Wildman–Crippen LogP) is 7.72. The smallest absolute Gasteiger partial charge is 0.162 e. The number of benzene rings is 3. The van der Waals surface area contributed by atoms with Crippen molar-refractivity contribution in [3.8, 4) is 11.8 Å². The molecule has 0 aromatic heterocycles. The Morgan fingerprint density at radius 3 is 2.50 bits per heavy atom. The summed E-state index contributed by atoms with van der Waals surface area (Å²) in [5.41, 5.74) is 11.7. The predicted molar refractivity (Wildman–Crippen MR) is 158 cm³/mol. The number of Topliss-reactive ketones (excluding diaryl/α,β-unsaturated/α-hetero) is 1. The zero-order chi connectivity index (χ0) is 28.8. The van der Waals surface area contributed by atoms with Crippen LogP contribution in [-0.4, -0.2) is 5.78 Å². The highest BCUT2D eigenvalue weighted by Gasteiger charge is 2.45. The number of nitrogens with zero attached hydrogens (tertiary/aromatic N) is 2. The highest BCUT2D eigenvalue weighted by atomic mass is 79.9. The fraction of sp³-hybridized carbons (Fsp3) is 0.273. The van der Waals surface area contributed by atoms with E-state index in [4.69, 9.17) is 10.5 Å². The monoisotopic (exact) mass is 599 g/mol. The van der Waals surface area contributed by atoms with Gasteiger partial charge in [-0.15, -0.1) is 0 Å². The molecule has 0 fully saturated rings. The summed E-state index contributed by atoms with van der Waals surface area (Å²) in [7, 11) is 0. The molecule has 3 aromatic carbocycles. The largest absolute Gasteiger partial charge is 0.488 e. The zero-order valence-electron chi connectivity index (χ0n) is 23.0. The van der Waals surface area contributed by atoms with Gasteiger partial charge in [0.25, 0.3) is 0 Å². The number of anilines is 1. The summed E-state index contributed by atoms with van der Waals surface area (Å²) in [5.74, 6) is -0.313. The van der Waals surface area contributed by atoms with Gasteiger partial charge in [-0.1, -0.05) is 50.2 Å². The van der Waals surface area contributed by atoms with Crippen molar-refractivity contribution in [3.63, 3.8) is 0 Å². The maximum atomic E-state index is 15.1. The third-order valence-corrected chi connectivity index (χ3v) is 8.38. The molecule has 0 spiro atoms. The molecule has 1 heterocycles. The third-order valence-electron chi connectivity index (χ3n) is 7.73. The van der Waals surface area contributed by atoms with Gasteiger partial charge in [0.15, 0.2) is 5.78 Å². The molecule has 1 unspecified atom stereocenters. The van der Waals surface area contributed by atoms with Crippen molar-refractivity contribution >= 4 is 27.4 Å². The van der Waals surface area contributed by atoms with E-state index >= 15 is 4.39 Å². The average Bonchev–Trinajstić information content (AvgIpc) is 2.89. The van der Waals surface area contributed by atoms with Crippen LogP contribution in [0.15, 0.2) is 87.8 Å². The number of ether oxygens (including phenoxy) is 1. The van der Waals surface area contributed by atoms with Crippen LogP contribution in [0.5, 0.6) is 5.75 Å². The van der Waals surface area contributed by atoms with E-state index in [1.54, 1.807) is 23.1 Å². The number of allylic oxidation sites excluding steroid dienone is 3. The standard InChI is InChI=1S/C33H31BrFN3O2/c1-19-13-20(2)22(14-21(19)18-40-29-12-8-5-9-24(29)34)30-23(17-36)32(37)38(26-11-7-6-10-25(26)35)27-15-33(3,4)16-28(39)31(27)30/h5-14,30H,15-16,18,37H2,1-4H3. The van der Waals surface area contributed by atoms with Crippen LogP contribution in [0.4, 0.5) is 10.1 Å². The van der Waals surface area contributed by atoms with Crippen LogP contribution in [0.1, 0.15) is 54.9 Å². The number of ketones is 1. The molecular weight excluding hydrogens is 569 g/mol. The van der Waals surface area contributed by atoms with Gasteiger partial charge >= 0.3 is 0 Å². The first-order valence-electron chi connectivity index (χ1n) is 13.2. The van der Waals surface area contributed by atoms with E-state index in [-0.39, 0.29) is 28.3 Å². The van der Waals surface area contributed by atoms with Crippen LogP contribution in [0.2, 0.25) is 0 Å². The maximum Gasteiger partial charge on any atom is 0.162 e. The lowest BCUT2D eigenvalue weighted by Crippen LogP contribution is -2.42. The summed E-state index contributed by atoms with van der Waals surface area (Å²) in [6, 6.07) is 20.3. The molecule has 40 heavy (non-hydrogen) atoms. The van der Waals surface area contributed by atoms with Gasteiger partial charge in [-0.05, 0) is 88.1 Å². The van der Waals surface area contributed by atoms with Crippen molar-refractivity contribution in [2.24, 2.45) is 11.1 Å². The Bertz CT molecular complexity index is 1630. The van der Waals surface area contributed by atoms with Crippen LogP contribution in [0.3, 0.4) is 0 Å². The van der Waals surface area contributed by atoms with Crippen molar-refractivity contribution in [3.05, 3.63) is 116 Å². The number of nitriles is 1. The Morgan fingerprint density at radius 2 is 1.80 bits per heavy atom. The number of hydrogen-bond donors (Lipinski definition) is 1. The Balaban J connectivity index is 1.68. The van der Waals surface area contributed by atoms with Gasteiger partial charge < -0.3 is 10.5 Å². The second-order valence-electron chi connectivity index (χ2n) is 11.3. The summed E-state index contributed by atoms with van der Waals surface area (Å²) in [4.78, 5) is 15.5. The molecule has 1 atom stereocenters. The van der Waals surface area contributed by atoms with Crippen LogP contribution in [0, 0.1) is 36.4 Å². The number of hydrogen-bond acceptors (Lipinski definition) is 5. The van der Waals surface area contributed by atoms with Crippen LogP contribution < -0.4 is 15.4 Å². The summed E-state index contributed by atoms with van der Waals surface area (Å²) < 4.78 is 22.1. The number of nitrogens with two attached hydrogens (primary N) is 1. The van der Waals surface area contributed by atoms with E-state index in [1.165, 1.54) is 6.07 Å². The van der Waals surface area contributed by atoms with Crippen molar-refractivity contribution in [1.82, 2.24) is 0 Å².